The van der Waals surface area contributed by atoms with Crippen molar-refractivity contribution < 1.29 is 0 Å². The molecule has 0 radical (unpaired) electrons. The average Bonchev–Trinajstić information content (AvgIpc) is 2.32. The van der Waals surface area contributed by atoms with Gasteiger partial charge in [-0.05, 0) is 45.1 Å². The largest absolute Gasteiger partial charge is 0.388 e. The van der Waals surface area contributed by atoms with Crippen molar-refractivity contribution in [2.24, 2.45) is 5.73 Å². The molecular weight excluding hydrogens is 232 g/mol. The highest BCUT2D eigenvalue weighted by atomic mass is 32.1. The van der Waals surface area contributed by atoms with Crippen LogP contribution < -0.4 is 11.1 Å². The van der Waals surface area contributed by atoms with Crippen molar-refractivity contribution in [2.75, 3.05) is 25.5 Å². The van der Waals surface area contributed by atoms with Gasteiger partial charge in [-0.2, -0.15) is 0 Å². The molecule has 0 saturated carbocycles. The molecule has 0 atom stereocenters. The maximum atomic E-state index is 5.66. The van der Waals surface area contributed by atoms with E-state index in [-0.39, 0.29) is 0 Å². The molecule has 1 aromatic rings. The van der Waals surface area contributed by atoms with Crippen molar-refractivity contribution in [1.82, 2.24) is 9.88 Å². The first-order valence-corrected chi connectivity index (χ1v) is 6.27. The summed E-state index contributed by atoms with van der Waals surface area (Å²) in [7, 11) is 2.15. The Hall–Kier alpha value is -1.20. The zero-order chi connectivity index (χ0) is 12.3. The second kappa shape index (κ2) is 5.42. The molecule has 0 aliphatic carbocycles. The number of likely N-dealkylation sites (tertiary alicyclic amines) is 1. The van der Waals surface area contributed by atoms with Crippen molar-refractivity contribution >= 4 is 22.9 Å². The number of anilines is 1. The number of hydrogen-bond donors (Lipinski definition) is 2. The molecule has 3 N–H and O–H groups in total. The SMILES string of the molecule is CN1CCC(Nc2cccnc2C(N)=S)CC1. The molecular formula is C12H18N4S. The van der Waals surface area contributed by atoms with E-state index >= 15 is 0 Å². The van der Waals surface area contributed by atoms with Gasteiger partial charge in [0.15, 0.2) is 0 Å². The molecule has 17 heavy (non-hydrogen) atoms. The first kappa shape index (κ1) is 12.3. The van der Waals surface area contributed by atoms with E-state index in [1.165, 1.54) is 0 Å². The van der Waals surface area contributed by atoms with Gasteiger partial charge in [-0.1, -0.05) is 12.2 Å². The van der Waals surface area contributed by atoms with Crippen LogP contribution in [0.3, 0.4) is 0 Å². The number of piperidine rings is 1. The number of rotatable bonds is 3. The van der Waals surface area contributed by atoms with E-state index in [9.17, 15) is 0 Å². The van der Waals surface area contributed by atoms with E-state index in [1.54, 1.807) is 6.20 Å². The third-order valence-electron chi connectivity index (χ3n) is 3.12. The highest BCUT2D eigenvalue weighted by Gasteiger charge is 2.17. The van der Waals surface area contributed by atoms with Crippen LogP contribution in [0.4, 0.5) is 5.69 Å². The summed E-state index contributed by atoms with van der Waals surface area (Å²) in [5.41, 5.74) is 7.31. The summed E-state index contributed by atoms with van der Waals surface area (Å²) >= 11 is 5.00. The number of pyridine rings is 1. The van der Waals surface area contributed by atoms with Crippen molar-refractivity contribution in [1.29, 1.82) is 0 Å². The summed E-state index contributed by atoms with van der Waals surface area (Å²) in [5.74, 6) is 0. The van der Waals surface area contributed by atoms with Gasteiger partial charge in [0.25, 0.3) is 0 Å². The molecule has 1 aromatic heterocycles. The van der Waals surface area contributed by atoms with Crippen molar-refractivity contribution in [3.8, 4) is 0 Å². The third kappa shape index (κ3) is 3.14. The van der Waals surface area contributed by atoms with Gasteiger partial charge in [0.1, 0.15) is 10.7 Å². The number of nitrogens with two attached hydrogens (primary N) is 1. The first-order chi connectivity index (χ1) is 8.16. The molecule has 2 heterocycles. The fourth-order valence-electron chi connectivity index (χ4n) is 2.09. The van der Waals surface area contributed by atoms with E-state index < -0.39 is 0 Å². The monoisotopic (exact) mass is 250 g/mol. The van der Waals surface area contributed by atoms with Gasteiger partial charge in [0.05, 0.1) is 5.69 Å². The van der Waals surface area contributed by atoms with Crippen LogP contribution in [0.2, 0.25) is 0 Å². The average molecular weight is 250 g/mol. The number of nitrogens with zero attached hydrogens (tertiary/aromatic N) is 2. The predicted octanol–water partition coefficient (Wildman–Crippen LogP) is 1.22. The molecule has 0 unspecified atom stereocenters. The summed E-state index contributed by atoms with van der Waals surface area (Å²) in [6.07, 6.45) is 4.00. The molecule has 5 heteroatoms. The van der Waals surface area contributed by atoms with Crippen molar-refractivity contribution in [2.45, 2.75) is 18.9 Å². The molecule has 1 saturated heterocycles. The van der Waals surface area contributed by atoms with Gasteiger partial charge in [0, 0.05) is 12.2 Å². The Morgan fingerprint density at radius 2 is 2.24 bits per heavy atom. The van der Waals surface area contributed by atoms with Crippen LogP contribution in [-0.2, 0) is 0 Å². The molecule has 92 valence electrons. The Morgan fingerprint density at radius 3 is 2.88 bits per heavy atom. The molecule has 2 rings (SSSR count). The van der Waals surface area contributed by atoms with Gasteiger partial charge in [-0.3, -0.25) is 4.98 Å². The maximum Gasteiger partial charge on any atom is 0.124 e. The third-order valence-corrected chi connectivity index (χ3v) is 3.31. The number of nitrogens with one attached hydrogen (secondary N) is 1. The van der Waals surface area contributed by atoms with Crippen LogP contribution >= 0.6 is 12.2 Å². The standard InChI is InChI=1S/C12H18N4S/c1-16-7-4-9(5-8-16)15-10-3-2-6-14-11(10)12(13)17/h2-3,6,9,15H,4-5,7-8H2,1H3,(H2,13,17). The van der Waals surface area contributed by atoms with Crippen LogP contribution in [0.25, 0.3) is 0 Å². The normalized spacial score (nSPS) is 17.9. The van der Waals surface area contributed by atoms with Crippen LogP contribution in [0, 0.1) is 0 Å². The van der Waals surface area contributed by atoms with E-state index in [1.807, 2.05) is 12.1 Å². The lowest BCUT2D eigenvalue weighted by Crippen LogP contribution is -2.37. The van der Waals surface area contributed by atoms with E-state index in [2.05, 4.69) is 22.2 Å². The predicted molar refractivity (Wildman–Crippen MR) is 74.3 cm³/mol. The van der Waals surface area contributed by atoms with E-state index in [0.29, 0.717) is 16.7 Å². The van der Waals surface area contributed by atoms with Gasteiger partial charge < -0.3 is 16.0 Å². The van der Waals surface area contributed by atoms with Gasteiger partial charge in [-0.15, -0.1) is 0 Å². The smallest absolute Gasteiger partial charge is 0.124 e. The maximum absolute atomic E-state index is 5.66. The lowest BCUT2D eigenvalue weighted by Gasteiger charge is -2.30. The molecule has 1 aliphatic rings. The zero-order valence-corrected chi connectivity index (χ0v) is 10.8. The summed E-state index contributed by atoms with van der Waals surface area (Å²) in [5, 5.41) is 3.49. The Kier molecular flexibility index (Phi) is 3.91. The second-order valence-electron chi connectivity index (χ2n) is 4.49. The van der Waals surface area contributed by atoms with Crippen molar-refractivity contribution in [3.05, 3.63) is 24.0 Å². The van der Waals surface area contributed by atoms with E-state index in [0.717, 1.165) is 31.6 Å². The Morgan fingerprint density at radius 1 is 1.53 bits per heavy atom. The summed E-state index contributed by atoms with van der Waals surface area (Å²) < 4.78 is 0. The molecule has 0 amide bonds. The van der Waals surface area contributed by atoms with Crippen LogP contribution in [0.5, 0.6) is 0 Å². The Balaban J connectivity index is 2.05. The van der Waals surface area contributed by atoms with Crippen LogP contribution in [-0.4, -0.2) is 41.1 Å². The van der Waals surface area contributed by atoms with Gasteiger partial charge >= 0.3 is 0 Å². The Labute approximate surface area is 107 Å². The molecule has 0 spiro atoms. The zero-order valence-electron chi connectivity index (χ0n) is 10.0. The first-order valence-electron chi connectivity index (χ1n) is 5.86. The highest BCUT2D eigenvalue weighted by Crippen LogP contribution is 2.18. The summed E-state index contributed by atoms with van der Waals surface area (Å²) in [6.45, 7) is 2.25. The van der Waals surface area contributed by atoms with Crippen LogP contribution in [0.1, 0.15) is 18.5 Å². The van der Waals surface area contributed by atoms with E-state index in [4.69, 9.17) is 18.0 Å². The number of aromatic nitrogens is 1. The number of hydrogen-bond acceptors (Lipinski definition) is 4. The summed E-state index contributed by atoms with van der Waals surface area (Å²) in [4.78, 5) is 6.91. The topological polar surface area (TPSA) is 54.2 Å². The summed E-state index contributed by atoms with van der Waals surface area (Å²) in [6, 6.07) is 4.38. The van der Waals surface area contributed by atoms with Gasteiger partial charge in [0.2, 0.25) is 0 Å². The minimum absolute atomic E-state index is 0.348. The lowest BCUT2D eigenvalue weighted by molar-refractivity contribution is 0.264. The minimum atomic E-state index is 0.348. The van der Waals surface area contributed by atoms with Crippen molar-refractivity contribution in [3.63, 3.8) is 0 Å². The molecule has 0 bridgehead atoms. The quantitative estimate of drug-likeness (QED) is 0.790. The fourth-order valence-corrected chi connectivity index (χ4v) is 2.25. The minimum Gasteiger partial charge on any atom is -0.388 e. The lowest BCUT2D eigenvalue weighted by atomic mass is 10.1. The Bertz CT molecular complexity index is 399. The molecule has 1 aliphatic heterocycles. The number of thiocarbonyl (C=S) groups is 1. The molecule has 4 nitrogen and oxygen atoms in total. The van der Waals surface area contributed by atoms with Crippen LogP contribution in [0.15, 0.2) is 18.3 Å². The molecule has 1 fully saturated rings. The fraction of sp³-hybridized carbons (Fsp3) is 0.500. The highest BCUT2D eigenvalue weighted by molar-refractivity contribution is 7.80. The second-order valence-corrected chi connectivity index (χ2v) is 4.93. The molecule has 0 aromatic carbocycles. The van der Waals surface area contributed by atoms with Gasteiger partial charge in [-0.25, -0.2) is 0 Å².